The maximum Gasteiger partial charge on any atom is 0.261 e. The minimum atomic E-state index is -3.45. The van der Waals surface area contributed by atoms with Crippen LogP contribution < -0.4 is 10.5 Å². The molecule has 0 rings (SSSR count). The van der Waals surface area contributed by atoms with Crippen molar-refractivity contribution >= 4 is 10.0 Å². The van der Waals surface area contributed by atoms with Gasteiger partial charge in [0.25, 0.3) is 6.43 Å². The Morgan fingerprint density at radius 3 is 2.53 bits per heavy atom. The molecule has 0 aliphatic heterocycles. The molecule has 0 aromatic rings. The van der Waals surface area contributed by atoms with Crippen LogP contribution in [0.3, 0.4) is 0 Å². The molecule has 15 heavy (non-hydrogen) atoms. The zero-order valence-electron chi connectivity index (χ0n) is 8.45. The molecule has 0 fully saturated rings. The Morgan fingerprint density at radius 2 is 2.07 bits per heavy atom. The predicted molar refractivity (Wildman–Crippen MR) is 52.3 cm³/mol. The Morgan fingerprint density at radius 1 is 1.47 bits per heavy atom. The summed E-state index contributed by atoms with van der Waals surface area (Å²) in [5.41, 5.74) is 5.18. The summed E-state index contributed by atoms with van der Waals surface area (Å²) in [6.45, 7) is 0.671. The largest absolute Gasteiger partial charge is 0.374 e. The van der Waals surface area contributed by atoms with Crippen molar-refractivity contribution in [2.24, 2.45) is 5.73 Å². The third kappa shape index (κ3) is 6.72. The molecule has 0 amide bonds. The standard InChI is InChI=1S/C7H16F2N2O3S/c1-6(4-10)15(12,13)11-2-3-14-5-7(8)9/h6-7,11H,2-5,10H2,1H3. The molecule has 0 bridgehead atoms. The highest BCUT2D eigenvalue weighted by Gasteiger charge is 2.17. The van der Waals surface area contributed by atoms with E-state index in [4.69, 9.17) is 5.73 Å². The average Bonchev–Trinajstić information content (AvgIpc) is 2.15. The summed E-state index contributed by atoms with van der Waals surface area (Å²) in [5, 5.41) is -0.701. The van der Waals surface area contributed by atoms with E-state index in [1.54, 1.807) is 0 Å². The van der Waals surface area contributed by atoms with Gasteiger partial charge >= 0.3 is 0 Å². The molecular formula is C7H16F2N2O3S. The number of ether oxygens (including phenoxy) is 1. The van der Waals surface area contributed by atoms with Gasteiger partial charge in [-0.1, -0.05) is 0 Å². The molecule has 0 heterocycles. The number of sulfonamides is 1. The Balaban J connectivity index is 3.67. The number of nitrogens with two attached hydrogens (primary N) is 1. The lowest BCUT2D eigenvalue weighted by Crippen LogP contribution is -2.38. The molecule has 5 nitrogen and oxygen atoms in total. The van der Waals surface area contributed by atoms with Crippen molar-refractivity contribution in [3.63, 3.8) is 0 Å². The summed E-state index contributed by atoms with van der Waals surface area (Å²) < 4.78 is 52.4. The number of hydrogen-bond donors (Lipinski definition) is 2. The molecule has 0 saturated heterocycles. The molecule has 0 saturated carbocycles. The van der Waals surface area contributed by atoms with Gasteiger partial charge in [-0.05, 0) is 6.92 Å². The minimum absolute atomic E-state index is 0.00717. The van der Waals surface area contributed by atoms with Crippen LogP contribution in [0, 0.1) is 0 Å². The molecule has 0 aromatic carbocycles. The van der Waals surface area contributed by atoms with Crippen LogP contribution in [0.4, 0.5) is 8.78 Å². The van der Waals surface area contributed by atoms with E-state index in [2.05, 4.69) is 9.46 Å². The van der Waals surface area contributed by atoms with Crippen molar-refractivity contribution in [1.29, 1.82) is 0 Å². The first-order valence-electron chi connectivity index (χ1n) is 4.44. The van der Waals surface area contributed by atoms with Crippen molar-refractivity contribution in [2.45, 2.75) is 18.6 Å². The quantitative estimate of drug-likeness (QED) is 0.568. The molecule has 0 aliphatic rings. The Labute approximate surface area is 88.0 Å². The van der Waals surface area contributed by atoms with Gasteiger partial charge in [-0.3, -0.25) is 0 Å². The van der Waals surface area contributed by atoms with E-state index in [0.717, 1.165) is 0 Å². The second-order valence-electron chi connectivity index (χ2n) is 2.95. The molecule has 92 valence electrons. The number of nitrogens with one attached hydrogen (secondary N) is 1. The fourth-order valence-electron chi connectivity index (χ4n) is 0.697. The fourth-order valence-corrected chi connectivity index (χ4v) is 1.60. The van der Waals surface area contributed by atoms with Gasteiger partial charge in [0, 0.05) is 13.1 Å². The third-order valence-electron chi connectivity index (χ3n) is 1.66. The summed E-state index contributed by atoms with van der Waals surface area (Å²) in [4.78, 5) is 0. The predicted octanol–water partition coefficient (Wildman–Crippen LogP) is -0.465. The first kappa shape index (κ1) is 14.7. The highest BCUT2D eigenvalue weighted by molar-refractivity contribution is 7.90. The summed E-state index contributed by atoms with van der Waals surface area (Å²) in [7, 11) is -3.45. The molecule has 0 aliphatic carbocycles. The van der Waals surface area contributed by atoms with Gasteiger partial charge in [0.1, 0.15) is 6.61 Å². The molecule has 1 unspecified atom stereocenters. The van der Waals surface area contributed by atoms with Gasteiger partial charge < -0.3 is 10.5 Å². The normalized spacial score (nSPS) is 14.5. The van der Waals surface area contributed by atoms with E-state index in [1.807, 2.05) is 0 Å². The molecule has 8 heteroatoms. The summed E-state index contributed by atoms with van der Waals surface area (Å²) >= 11 is 0. The number of alkyl halides is 2. The van der Waals surface area contributed by atoms with E-state index in [0.29, 0.717) is 0 Å². The highest BCUT2D eigenvalue weighted by atomic mass is 32.2. The lowest BCUT2D eigenvalue weighted by Gasteiger charge is -2.11. The van der Waals surface area contributed by atoms with Gasteiger partial charge in [-0.15, -0.1) is 0 Å². The fraction of sp³-hybridized carbons (Fsp3) is 1.00. The second kappa shape index (κ2) is 7.04. The van der Waals surface area contributed by atoms with Crippen molar-refractivity contribution in [3.05, 3.63) is 0 Å². The Hall–Kier alpha value is -0.310. The lowest BCUT2D eigenvalue weighted by molar-refractivity contribution is 0.0199. The number of halogens is 2. The zero-order chi connectivity index (χ0) is 11.9. The van der Waals surface area contributed by atoms with Crippen LogP contribution >= 0.6 is 0 Å². The van der Waals surface area contributed by atoms with Crippen LogP contribution in [0.15, 0.2) is 0 Å². The van der Waals surface area contributed by atoms with Crippen LogP contribution in [0.5, 0.6) is 0 Å². The van der Waals surface area contributed by atoms with E-state index in [1.165, 1.54) is 6.92 Å². The molecule has 1 atom stereocenters. The topological polar surface area (TPSA) is 81.4 Å². The smallest absolute Gasteiger partial charge is 0.261 e. The minimum Gasteiger partial charge on any atom is -0.374 e. The Kier molecular flexibility index (Phi) is 6.90. The van der Waals surface area contributed by atoms with Gasteiger partial charge in [0.05, 0.1) is 11.9 Å². The van der Waals surface area contributed by atoms with Gasteiger partial charge in [-0.25, -0.2) is 21.9 Å². The van der Waals surface area contributed by atoms with Gasteiger partial charge in [0.15, 0.2) is 0 Å². The van der Waals surface area contributed by atoms with Crippen LogP contribution in [0.25, 0.3) is 0 Å². The van der Waals surface area contributed by atoms with E-state index >= 15 is 0 Å². The van der Waals surface area contributed by atoms with Gasteiger partial charge in [0.2, 0.25) is 10.0 Å². The summed E-state index contributed by atoms with van der Waals surface area (Å²) in [5.74, 6) is 0. The monoisotopic (exact) mass is 246 g/mol. The number of rotatable bonds is 8. The first-order chi connectivity index (χ1) is 6.90. The molecule has 0 aromatic heterocycles. The highest BCUT2D eigenvalue weighted by Crippen LogP contribution is 1.95. The van der Waals surface area contributed by atoms with Crippen molar-refractivity contribution < 1.29 is 21.9 Å². The van der Waals surface area contributed by atoms with Crippen LogP contribution in [0.1, 0.15) is 6.92 Å². The number of hydrogen-bond acceptors (Lipinski definition) is 4. The molecular weight excluding hydrogens is 230 g/mol. The van der Waals surface area contributed by atoms with Crippen molar-refractivity contribution in [1.82, 2.24) is 4.72 Å². The SMILES string of the molecule is CC(CN)S(=O)(=O)NCCOCC(F)F. The van der Waals surface area contributed by atoms with Gasteiger partial charge in [-0.2, -0.15) is 0 Å². The van der Waals surface area contributed by atoms with Crippen LogP contribution in [0.2, 0.25) is 0 Å². The Bertz CT molecular complexity index is 259. The maximum atomic E-state index is 11.6. The molecule has 3 N–H and O–H groups in total. The van der Waals surface area contributed by atoms with Crippen LogP contribution in [-0.2, 0) is 14.8 Å². The summed E-state index contributed by atoms with van der Waals surface area (Å²) in [6.07, 6.45) is -2.54. The zero-order valence-corrected chi connectivity index (χ0v) is 9.27. The van der Waals surface area contributed by atoms with Crippen LogP contribution in [-0.4, -0.2) is 46.4 Å². The van der Waals surface area contributed by atoms with E-state index in [9.17, 15) is 17.2 Å². The summed E-state index contributed by atoms with van der Waals surface area (Å²) in [6, 6.07) is 0. The lowest BCUT2D eigenvalue weighted by atomic mass is 10.5. The molecule has 0 spiro atoms. The second-order valence-corrected chi connectivity index (χ2v) is 5.14. The maximum absolute atomic E-state index is 11.6. The molecule has 0 radical (unpaired) electrons. The third-order valence-corrected chi connectivity index (χ3v) is 3.51. The average molecular weight is 246 g/mol. The van der Waals surface area contributed by atoms with Crippen molar-refractivity contribution in [2.75, 3.05) is 26.3 Å². The van der Waals surface area contributed by atoms with Crippen molar-refractivity contribution in [3.8, 4) is 0 Å². The first-order valence-corrected chi connectivity index (χ1v) is 5.99. The van der Waals surface area contributed by atoms with E-state index < -0.39 is 28.3 Å². The van der Waals surface area contributed by atoms with E-state index in [-0.39, 0.29) is 19.7 Å².